The molecular formula is C15H15ClN2O3. The first-order chi connectivity index (χ1) is 10.1. The molecule has 0 heterocycles. The maximum atomic E-state index is 12.3. The number of halogens is 1. The Balaban J connectivity index is 1.52. The van der Waals surface area contributed by atoms with Gasteiger partial charge in [0, 0.05) is 12.1 Å². The molecule has 3 aliphatic carbocycles. The van der Waals surface area contributed by atoms with Crippen molar-refractivity contribution >= 4 is 23.2 Å². The molecular weight excluding hydrogens is 292 g/mol. The summed E-state index contributed by atoms with van der Waals surface area (Å²) in [4.78, 5) is 22.6. The lowest BCUT2D eigenvalue weighted by molar-refractivity contribution is -0.384. The SMILES string of the molecule is O=C(NC1C2C3CCC(C3)C12)c1cccc([N+](=O)[O-])c1Cl. The second-order valence-electron chi connectivity index (χ2n) is 6.38. The van der Waals surface area contributed by atoms with Crippen LogP contribution < -0.4 is 5.32 Å². The maximum absolute atomic E-state index is 12.3. The van der Waals surface area contributed by atoms with E-state index in [2.05, 4.69) is 5.32 Å². The van der Waals surface area contributed by atoms with Crippen LogP contribution in [0.15, 0.2) is 18.2 Å². The van der Waals surface area contributed by atoms with Gasteiger partial charge in [-0.25, -0.2) is 0 Å². The highest BCUT2D eigenvalue weighted by Gasteiger charge is 2.65. The predicted octanol–water partition coefficient (Wildman–Crippen LogP) is 3.02. The number of nitrogens with zero attached hydrogens (tertiary/aromatic N) is 1. The maximum Gasteiger partial charge on any atom is 0.288 e. The molecule has 1 N–H and O–H groups in total. The quantitative estimate of drug-likeness (QED) is 0.689. The number of nitro groups is 1. The lowest BCUT2D eigenvalue weighted by Gasteiger charge is -2.11. The van der Waals surface area contributed by atoms with Crippen molar-refractivity contribution in [2.45, 2.75) is 25.3 Å². The van der Waals surface area contributed by atoms with Crippen molar-refractivity contribution in [2.24, 2.45) is 23.7 Å². The Morgan fingerprint density at radius 2 is 1.95 bits per heavy atom. The van der Waals surface area contributed by atoms with Crippen molar-refractivity contribution in [2.75, 3.05) is 0 Å². The summed E-state index contributed by atoms with van der Waals surface area (Å²) < 4.78 is 0. The molecule has 1 amide bonds. The van der Waals surface area contributed by atoms with Crippen LogP contribution in [0.4, 0.5) is 5.69 Å². The molecule has 1 aromatic carbocycles. The molecule has 3 saturated carbocycles. The second-order valence-corrected chi connectivity index (χ2v) is 6.76. The number of fused-ring (bicyclic) bond motifs is 5. The van der Waals surface area contributed by atoms with Gasteiger partial charge in [-0.05, 0) is 49.0 Å². The van der Waals surface area contributed by atoms with Gasteiger partial charge in [-0.3, -0.25) is 14.9 Å². The third-order valence-electron chi connectivity index (χ3n) is 5.45. The molecule has 4 unspecified atom stereocenters. The van der Waals surface area contributed by atoms with E-state index >= 15 is 0 Å². The van der Waals surface area contributed by atoms with Crippen molar-refractivity contribution in [1.29, 1.82) is 0 Å². The van der Waals surface area contributed by atoms with E-state index in [1.807, 2.05) is 0 Å². The summed E-state index contributed by atoms with van der Waals surface area (Å²) in [5.41, 5.74) is -0.0245. The lowest BCUT2D eigenvalue weighted by atomic mass is 10.0. The molecule has 0 aromatic heterocycles. The van der Waals surface area contributed by atoms with Crippen molar-refractivity contribution in [3.8, 4) is 0 Å². The van der Waals surface area contributed by atoms with Gasteiger partial charge in [0.25, 0.3) is 11.6 Å². The standard InChI is InChI=1S/C15H15ClN2O3/c16-13-9(2-1-3-10(13)18(20)21)15(19)17-14-11-7-4-5-8(6-7)12(11)14/h1-3,7-8,11-12,14H,4-6H2,(H,17,19). The molecule has 0 aliphatic heterocycles. The smallest absolute Gasteiger partial charge is 0.288 e. The average Bonchev–Trinajstić information content (AvgIpc) is 2.83. The molecule has 21 heavy (non-hydrogen) atoms. The molecule has 1 aromatic rings. The van der Waals surface area contributed by atoms with Gasteiger partial charge in [-0.2, -0.15) is 0 Å². The van der Waals surface area contributed by atoms with Gasteiger partial charge in [0.2, 0.25) is 0 Å². The number of hydrogen-bond donors (Lipinski definition) is 1. The zero-order chi connectivity index (χ0) is 14.7. The number of hydrogen-bond acceptors (Lipinski definition) is 3. The van der Waals surface area contributed by atoms with Crippen molar-refractivity contribution in [1.82, 2.24) is 5.32 Å². The van der Waals surface area contributed by atoms with Crippen LogP contribution >= 0.6 is 11.6 Å². The minimum atomic E-state index is -0.564. The van der Waals surface area contributed by atoms with Crippen molar-refractivity contribution in [3.63, 3.8) is 0 Å². The monoisotopic (exact) mass is 306 g/mol. The Bertz CT molecular complexity index is 632. The number of benzene rings is 1. The van der Waals surface area contributed by atoms with Gasteiger partial charge in [0.05, 0.1) is 10.5 Å². The van der Waals surface area contributed by atoms with Crippen LogP contribution in [0.2, 0.25) is 5.02 Å². The van der Waals surface area contributed by atoms with E-state index in [9.17, 15) is 14.9 Å². The van der Waals surface area contributed by atoms with Crippen LogP contribution in [0.3, 0.4) is 0 Å². The fourth-order valence-electron chi connectivity index (χ4n) is 4.58. The van der Waals surface area contributed by atoms with Gasteiger partial charge in [0.15, 0.2) is 0 Å². The van der Waals surface area contributed by atoms with E-state index < -0.39 is 4.92 Å². The van der Waals surface area contributed by atoms with Gasteiger partial charge in [-0.15, -0.1) is 0 Å². The summed E-state index contributed by atoms with van der Waals surface area (Å²) in [7, 11) is 0. The van der Waals surface area contributed by atoms with Crippen LogP contribution in [0.25, 0.3) is 0 Å². The number of nitro benzene ring substituents is 1. The topological polar surface area (TPSA) is 72.2 Å². The van der Waals surface area contributed by atoms with Crippen LogP contribution in [0.1, 0.15) is 29.6 Å². The van der Waals surface area contributed by atoms with Crippen LogP contribution in [-0.2, 0) is 0 Å². The molecule has 2 bridgehead atoms. The van der Waals surface area contributed by atoms with E-state index in [4.69, 9.17) is 11.6 Å². The van der Waals surface area contributed by atoms with E-state index in [1.165, 1.54) is 37.5 Å². The second kappa shape index (κ2) is 4.44. The minimum Gasteiger partial charge on any atom is -0.349 e. The lowest BCUT2D eigenvalue weighted by Crippen LogP contribution is -2.30. The Labute approximate surface area is 126 Å². The zero-order valence-corrected chi connectivity index (χ0v) is 12.0. The van der Waals surface area contributed by atoms with Crippen molar-refractivity contribution < 1.29 is 9.72 Å². The average molecular weight is 307 g/mol. The fourth-order valence-corrected chi connectivity index (χ4v) is 4.86. The Kier molecular flexibility index (Phi) is 2.76. The third kappa shape index (κ3) is 1.87. The molecule has 110 valence electrons. The Morgan fingerprint density at radius 1 is 1.29 bits per heavy atom. The summed E-state index contributed by atoms with van der Waals surface area (Å²) in [6, 6.07) is 4.60. The van der Waals surface area contributed by atoms with E-state index in [0.717, 1.165) is 11.8 Å². The summed E-state index contributed by atoms with van der Waals surface area (Å²) in [5.74, 6) is 2.51. The molecule has 3 fully saturated rings. The third-order valence-corrected chi connectivity index (χ3v) is 5.85. The highest BCUT2D eigenvalue weighted by atomic mass is 35.5. The molecule has 0 radical (unpaired) electrons. The van der Waals surface area contributed by atoms with E-state index in [-0.39, 0.29) is 28.2 Å². The van der Waals surface area contributed by atoms with Crippen molar-refractivity contribution in [3.05, 3.63) is 38.9 Å². The van der Waals surface area contributed by atoms with Gasteiger partial charge in [0.1, 0.15) is 5.02 Å². The number of carbonyl (C=O) groups is 1. The Morgan fingerprint density at radius 3 is 2.57 bits per heavy atom. The number of rotatable bonds is 3. The number of nitrogens with one attached hydrogen (secondary N) is 1. The summed E-state index contributed by atoms with van der Waals surface area (Å²) in [5, 5.41) is 13.8. The van der Waals surface area contributed by atoms with Gasteiger partial charge in [-0.1, -0.05) is 17.7 Å². The molecule has 5 nitrogen and oxygen atoms in total. The highest BCUT2D eigenvalue weighted by Crippen LogP contribution is 2.65. The minimum absolute atomic E-state index is 0.0752. The largest absolute Gasteiger partial charge is 0.349 e. The van der Waals surface area contributed by atoms with E-state index in [1.54, 1.807) is 0 Å². The summed E-state index contributed by atoms with van der Waals surface area (Å²) in [6.07, 6.45) is 3.89. The normalized spacial score (nSPS) is 35.4. The molecule has 6 heteroatoms. The van der Waals surface area contributed by atoms with E-state index in [0.29, 0.717) is 11.8 Å². The molecule has 0 saturated heterocycles. The first-order valence-electron chi connectivity index (χ1n) is 7.31. The molecule has 4 atom stereocenters. The number of carbonyl (C=O) groups excluding carboxylic acids is 1. The van der Waals surface area contributed by atoms with Gasteiger partial charge >= 0.3 is 0 Å². The molecule has 4 rings (SSSR count). The first-order valence-corrected chi connectivity index (χ1v) is 7.69. The highest BCUT2D eigenvalue weighted by molar-refractivity contribution is 6.35. The molecule has 3 aliphatic rings. The van der Waals surface area contributed by atoms with Gasteiger partial charge < -0.3 is 5.32 Å². The first kappa shape index (κ1) is 13.1. The molecule has 0 spiro atoms. The van der Waals surface area contributed by atoms with Crippen LogP contribution in [-0.4, -0.2) is 16.9 Å². The fraction of sp³-hybridized carbons (Fsp3) is 0.533. The van der Waals surface area contributed by atoms with Crippen LogP contribution in [0.5, 0.6) is 0 Å². The Hall–Kier alpha value is -1.62. The predicted molar refractivity (Wildman–Crippen MR) is 77.2 cm³/mol. The summed E-state index contributed by atoms with van der Waals surface area (Å²) >= 11 is 5.99. The zero-order valence-electron chi connectivity index (χ0n) is 11.3. The van der Waals surface area contributed by atoms with Crippen LogP contribution in [0, 0.1) is 33.8 Å². The summed E-state index contributed by atoms with van der Waals surface area (Å²) in [6.45, 7) is 0. The number of amides is 1.